The Bertz CT molecular complexity index is 360. The standard InChI is InChI=1S/C14H19NO/c1-16-14-6-3-11(4-7-14)9-15-10-12-2-5-13(15)8-12/h3-4,6-7,12-13H,2,5,8-10H2,1H3. The third kappa shape index (κ3) is 1.82. The van der Waals surface area contributed by atoms with Gasteiger partial charge in [0, 0.05) is 19.1 Å². The van der Waals surface area contributed by atoms with E-state index in [1.165, 1.54) is 31.4 Å². The Morgan fingerprint density at radius 3 is 2.62 bits per heavy atom. The van der Waals surface area contributed by atoms with Crippen molar-refractivity contribution >= 4 is 0 Å². The number of rotatable bonds is 3. The van der Waals surface area contributed by atoms with Gasteiger partial charge in [0.1, 0.15) is 5.75 Å². The summed E-state index contributed by atoms with van der Waals surface area (Å²) in [5.41, 5.74) is 1.41. The molecule has 2 atom stereocenters. The SMILES string of the molecule is COc1ccc(CN2CC3CCC2C3)cc1. The van der Waals surface area contributed by atoms with Crippen molar-refractivity contribution in [1.82, 2.24) is 4.90 Å². The molecule has 1 saturated heterocycles. The molecule has 0 spiro atoms. The second kappa shape index (κ2) is 4.10. The van der Waals surface area contributed by atoms with Gasteiger partial charge in [-0.05, 0) is 42.9 Å². The second-order valence-electron chi connectivity index (χ2n) is 5.11. The summed E-state index contributed by atoms with van der Waals surface area (Å²) in [5, 5.41) is 0. The second-order valence-corrected chi connectivity index (χ2v) is 5.11. The lowest BCUT2D eigenvalue weighted by molar-refractivity contribution is 0.205. The third-order valence-electron chi connectivity index (χ3n) is 4.07. The summed E-state index contributed by atoms with van der Waals surface area (Å²) >= 11 is 0. The number of piperidine rings is 1. The molecule has 0 radical (unpaired) electrons. The zero-order chi connectivity index (χ0) is 11.0. The molecule has 0 amide bonds. The fraction of sp³-hybridized carbons (Fsp3) is 0.571. The van der Waals surface area contributed by atoms with E-state index < -0.39 is 0 Å². The van der Waals surface area contributed by atoms with Crippen LogP contribution in [0.2, 0.25) is 0 Å². The Balaban J connectivity index is 1.65. The lowest BCUT2D eigenvalue weighted by atomic mass is 10.1. The number of benzene rings is 1. The van der Waals surface area contributed by atoms with E-state index in [0.29, 0.717) is 0 Å². The van der Waals surface area contributed by atoms with Gasteiger partial charge in [-0.15, -0.1) is 0 Å². The average Bonchev–Trinajstić information content (AvgIpc) is 2.92. The van der Waals surface area contributed by atoms with Crippen LogP contribution in [-0.4, -0.2) is 24.6 Å². The number of hydrogen-bond acceptors (Lipinski definition) is 2. The van der Waals surface area contributed by atoms with Crippen molar-refractivity contribution in [1.29, 1.82) is 0 Å². The Morgan fingerprint density at radius 2 is 2.06 bits per heavy atom. The normalized spacial score (nSPS) is 28.6. The molecule has 0 N–H and O–H groups in total. The zero-order valence-corrected chi connectivity index (χ0v) is 9.86. The molecule has 1 aromatic carbocycles. The monoisotopic (exact) mass is 217 g/mol. The van der Waals surface area contributed by atoms with Crippen LogP contribution in [0.4, 0.5) is 0 Å². The first-order valence-electron chi connectivity index (χ1n) is 6.22. The number of hydrogen-bond donors (Lipinski definition) is 0. The van der Waals surface area contributed by atoms with Crippen molar-refractivity contribution in [3.8, 4) is 5.75 Å². The Hall–Kier alpha value is -1.02. The molecule has 2 fully saturated rings. The Morgan fingerprint density at radius 1 is 1.25 bits per heavy atom. The molecule has 16 heavy (non-hydrogen) atoms. The molecular weight excluding hydrogens is 198 g/mol. The molecule has 2 heteroatoms. The van der Waals surface area contributed by atoms with Crippen molar-refractivity contribution < 1.29 is 4.74 Å². The van der Waals surface area contributed by atoms with Gasteiger partial charge < -0.3 is 4.74 Å². The Labute approximate surface area is 97.2 Å². The lowest BCUT2D eigenvalue weighted by Crippen LogP contribution is -2.31. The van der Waals surface area contributed by atoms with Crippen LogP contribution in [0.25, 0.3) is 0 Å². The summed E-state index contributed by atoms with van der Waals surface area (Å²) in [7, 11) is 1.72. The van der Waals surface area contributed by atoms with E-state index in [-0.39, 0.29) is 0 Å². The summed E-state index contributed by atoms with van der Waals surface area (Å²) in [6.45, 7) is 2.43. The minimum atomic E-state index is 0.868. The highest BCUT2D eigenvalue weighted by Gasteiger charge is 2.37. The van der Waals surface area contributed by atoms with Crippen LogP contribution in [0, 0.1) is 5.92 Å². The molecule has 2 unspecified atom stereocenters. The van der Waals surface area contributed by atoms with Crippen LogP contribution in [0.15, 0.2) is 24.3 Å². The van der Waals surface area contributed by atoms with Crippen molar-refractivity contribution in [2.75, 3.05) is 13.7 Å². The molecular formula is C14H19NO. The number of ether oxygens (including phenoxy) is 1. The van der Waals surface area contributed by atoms with Gasteiger partial charge >= 0.3 is 0 Å². The minimum absolute atomic E-state index is 0.868. The number of likely N-dealkylation sites (tertiary alicyclic amines) is 1. The molecule has 1 aliphatic heterocycles. The summed E-state index contributed by atoms with van der Waals surface area (Å²) in [5.74, 6) is 1.94. The quantitative estimate of drug-likeness (QED) is 0.772. The van der Waals surface area contributed by atoms with Gasteiger partial charge in [0.25, 0.3) is 0 Å². The molecule has 0 aromatic heterocycles. The van der Waals surface area contributed by atoms with Crippen molar-refractivity contribution in [3.63, 3.8) is 0 Å². The maximum Gasteiger partial charge on any atom is 0.118 e. The molecule has 3 rings (SSSR count). The number of nitrogens with zero attached hydrogens (tertiary/aromatic N) is 1. The highest BCUT2D eigenvalue weighted by molar-refractivity contribution is 5.27. The predicted octanol–water partition coefficient (Wildman–Crippen LogP) is 2.68. The van der Waals surface area contributed by atoms with E-state index in [9.17, 15) is 0 Å². The molecule has 2 nitrogen and oxygen atoms in total. The zero-order valence-electron chi connectivity index (χ0n) is 9.86. The maximum absolute atomic E-state index is 5.17. The largest absolute Gasteiger partial charge is 0.497 e. The number of methoxy groups -OCH3 is 1. The van der Waals surface area contributed by atoms with Crippen LogP contribution in [0.3, 0.4) is 0 Å². The van der Waals surface area contributed by atoms with Crippen LogP contribution in [-0.2, 0) is 6.54 Å². The summed E-state index contributed by atoms with van der Waals surface area (Å²) in [6.07, 6.45) is 4.32. The van der Waals surface area contributed by atoms with Gasteiger partial charge in [-0.3, -0.25) is 4.90 Å². The van der Waals surface area contributed by atoms with Crippen LogP contribution in [0.5, 0.6) is 5.75 Å². The molecule has 1 aliphatic carbocycles. The van der Waals surface area contributed by atoms with Gasteiger partial charge in [0.15, 0.2) is 0 Å². The van der Waals surface area contributed by atoms with Crippen molar-refractivity contribution in [2.45, 2.75) is 31.8 Å². The van der Waals surface area contributed by atoms with E-state index >= 15 is 0 Å². The molecule has 2 bridgehead atoms. The van der Waals surface area contributed by atoms with Crippen LogP contribution >= 0.6 is 0 Å². The van der Waals surface area contributed by atoms with E-state index in [1.807, 2.05) is 0 Å². The summed E-state index contributed by atoms with van der Waals surface area (Å²) in [4.78, 5) is 2.65. The first kappa shape index (κ1) is 10.2. The summed E-state index contributed by atoms with van der Waals surface area (Å²) < 4.78 is 5.17. The topological polar surface area (TPSA) is 12.5 Å². The minimum Gasteiger partial charge on any atom is -0.497 e. The van der Waals surface area contributed by atoms with Gasteiger partial charge in [0.05, 0.1) is 7.11 Å². The first-order valence-corrected chi connectivity index (χ1v) is 6.22. The summed E-state index contributed by atoms with van der Waals surface area (Å²) in [6, 6.07) is 9.36. The average molecular weight is 217 g/mol. The molecule has 86 valence electrons. The smallest absolute Gasteiger partial charge is 0.118 e. The van der Waals surface area contributed by atoms with Gasteiger partial charge in [-0.1, -0.05) is 12.1 Å². The first-order chi connectivity index (χ1) is 7.85. The fourth-order valence-corrected chi connectivity index (χ4v) is 3.19. The maximum atomic E-state index is 5.17. The van der Waals surface area contributed by atoms with E-state index in [1.54, 1.807) is 7.11 Å². The van der Waals surface area contributed by atoms with Gasteiger partial charge in [-0.2, -0.15) is 0 Å². The van der Waals surface area contributed by atoms with Crippen molar-refractivity contribution in [3.05, 3.63) is 29.8 Å². The highest BCUT2D eigenvalue weighted by Crippen LogP contribution is 2.38. The highest BCUT2D eigenvalue weighted by atomic mass is 16.5. The fourth-order valence-electron chi connectivity index (χ4n) is 3.19. The van der Waals surface area contributed by atoms with Crippen molar-refractivity contribution in [2.24, 2.45) is 5.92 Å². The molecule has 2 aliphatic rings. The molecule has 1 heterocycles. The lowest BCUT2D eigenvalue weighted by Gasteiger charge is -2.26. The van der Waals surface area contributed by atoms with Crippen LogP contribution in [0.1, 0.15) is 24.8 Å². The van der Waals surface area contributed by atoms with E-state index in [4.69, 9.17) is 4.74 Å². The molecule has 1 aromatic rings. The van der Waals surface area contributed by atoms with Crippen LogP contribution < -0.4 is 4.74 Å². The molecule has 1 saturated carbocycles. The third-order valence-corrected chi connectivity index (χ3v) is 4.07. The van der Waals surface area contributed by atoms with E-state index in [2.05, 4.69) is 29.2 Å². The van der Waals surface area contributed by atoms with Gasteiger partial charge in [-0.25, -0.2) is 0 Å². The van der Waals surface area contributed by atoms with E-state index in [0.717, 1.165) is 24.3 Å². The number of fused-ring (bicyclic) bond motifs is 2. The predicted molar refractivity (Wildman–Crippen MR) is 64.5 cm³/mol. The van der Waals surface area contributed by atoms with Gasteiger partial charge in [0.2, 0.25) is 0 Å². The Kier molecular flexibility index (Phi) is 2.60.